The lowest BCUT2D eigenvalue weighted by Crippen LogP contribution is -2.20. The third-order valence-corrected chi connectivity index (χ3v) is 5.95. The van der Waals surface area contributed by atoms with E-state index < -0.39 is 0 Å². The van der Waals surface area contributed by atoms with Crippen LogP contribution in [0.1, 0.15) is 28.1 Å². The van der Waals surface area contributed by atoms with Gasteiger partial charge in [-0.3, -0.25) is 4.79 Å². The minimum atomic E-state index is -0.237. The minimum absolute atomic E-state index is 0.116. The summed E-state index contributed by atoms with van der Waals surface area (Å²) in [6.07, 6.45) is 3.07. The van der Waals surface area contributed by atoms with Crippen molar-refractivity contribution in [3.8, 4) is 11.3 Å². The van der Waals surface area contributed by atoms with Gasteiger partial charge in [0.2, 0.25) is 5.91 Å². The molecule has 1 aliphatic carbocycles. The number of hydrogen-bond donors (Lipinski definition) is 1. The van der Waals surface area contributed by atoms with E-state index in [-0.39, 0.29) is 18.1 Å². The van der Waals surface area contributed by atoms with Crippen molar-refractivity contribution >= 4 is 11.7 Å². The van der Waals surface area contributed by atoms with Crippen molar-refractivity contribution in [1.29, 1.82) is 0 Å². The molecule has 0 atom stereocenters. The number of hydrogen-bond acceptors (Lipinski definition) is 3. The Balaban J connectivity index is 1.47. The van der Waals surface area contributed by atoms with Crippen molar-refractivity contribution in [2.75, 3.05) is 5.32 Å². The third-order valence-electron chi connectivity index (χ3n) is 5.95. The number of aryl methyl sites for hydroxylation is 4. The highest BCUT2D eigenvalue weighted by Gasteiger charge is 2.23. The molecule has 4 aromatic rings. The van der Waals surface area contributed by atoms with Gasteiger partial charge in [-0.05, 0) is 60.6 Å². The first-order chi connectivity index (χ1) is 16.2. The highest BCUT2D eigenvalue weighted by molar-refractivity contribution is 5.92. The number of rotatable bonds is 6. The zero-order chi connectivity index (χ0) is 22.6. The molecule has 1 aromatic heterocycles. The summed E-state index contributed by atoms with van der Waals surface area (Å²) in [4.78, 5) is 22.6. The third kappa shape index (κ3) is 4.82. The highest BCUT2D eigenvalue weighted by atomic mass is 19.1. The van der Waals surface area contributed by atoms with Gasteiger partial charge in [0.05, 0.1) is 23.5 Å². The van der Waals surface area contributed by atoms with Crippen LogP contribution in [0, 0.1) is 5.82 Å². The zero-order valence-corrected chi connectivity index (χ0v) is 18.2. The van der Waals surface area contributed by atoms with Gasteiger partial charge in [-0.1, -0.05) is 60.7 Å². The maximum Gasteiger partial charge on any atom is 0.229 e. The summed E-state index contributed by atoms with van der Waals surface area (Å²) < 4.78 is 13.8. The lowest BCUT2D eigenvalue weighted by molar-refractivity contribution is -0.115. The molecule has 164 valence electrons. The van der Waals surface area contributed by atoms with E-state index in [1.54, 1.807) is 12.1 Å². The first-order valence-corrected chi connectivity index (χ1v) is 11.2. The molecule has 3 aromatic carbocycles. The van der Waals surface area contributed by atoms with E-state index in [1.807, 2.05) is 48.5 Å². The standard InChI is InChI=1S/C28H24FN3O/c29-22-13-14-23-21(18-22)12-16-24-27(23)30-25(15-11-19-7-3-1-4-8-19)28(31-24)32-26(33)17-20-9-5-2-6-10-20/h1-10,13-14,18H,11-12,15-17H2,(H,31,32,33). The van der Waals surface area contributed by atoms with Crippen molar-refractivity contribution in [3.05, 3.63) is 113 Å². The largest absolute Gasteiger partial charge is 0.309 e. The van der Waals surface area contributed by atoms with Crippen molar-refractivity contribution < 1.29 is 9.18 Å². The molecule has 33 heavy (non-hydrogen) atoms. The Morgan fingerprint density at radius 2 is 1.58 bits per heavy atom. The second-order valence-corrected chi connectivity index (χ2v) is 8.31. The zero-order valence-electron chi connectivity index (χ0n) is 18.2. The van der Waals surface area contributed by atoms with Crippen LogP contribution in [0.2, 0.25) is 0 Å². The summed E-state index contributed by atoms with van der Waals surface area (Å²) in [5, 5.41) is 3.01. The van der Waals surface area contributed by atoms with Crippen molar-refractivity contribution in [2.24, 2.45) is 0 Å². The molecule has 0 fully saturated rings. The SMILES string of the molecule is O=C(Cc1ccccc1)Nc1nc2c(nc1CCc1ccccc1)-c1ccc(F)cc1CC2. The number of carbonyl (C=O) groups is 1. The van der Waals surface area contributed by atoms with Crippen molar-refractivity contribution in [1.82, 2.24) is 9.97 Å². The van der Waals surface area contributed by atoms with Crippen LogP contribution in [0.15, 0.2) is 78.9 Å². The van der Waals surface area contributed by atoms with Crippen molar-refractivity contribution in [2.45, 2.75) is 32.1 Å². The van der Waals surface area contributed by atoms with Gasteiger partial charge in [0.15, 0.2) is 5.82 Å². The molecular weight excluding hydrogens is 413 g/mol. The van der Waals surface area contributed by atoms with Gasteiger partial charge in [-0.2, -0.15) is 0 Å². The van der Waals surface area contributed by atoms with E-state index >= 15 is 0 Å². The maximum atomic E-state index is 13.8. The Bertz CT molecular complexity index is 1290. The van der Waals surface area contributed by atoms with E-state index in [0.29, 0.717) is 25.1 Å². The quantitative estimate of drug-likeness (QED) is 0.443. The number of amides is 1. The predicted octanol–water partition coefficient (Wildman–Crippen LogP) is 5.35. The molecule has 0 saturated heterocycles. The molecule has 5 rings (SSSR count). The summed E-state index contributed by atoms with van der Waals surface area (Å²) in [5.41, 5.74) is 6.40. The molecule has 1 amide bonds. The Morgan fingerprint density at radius 3 is 2.33 bits per heavy atom. The Labute approximate surface area is 192 Å². The summed E-state index contributed by atoms with van der Waals surface area (Å²) in [5.74, 6) is 0.171. The van der Waals surface area contributed by atoms with E-state index in [0.717, 1.165) is 40.2 Å². The van der Waals surface area contributed by atoms with Gasteiger partial charge in [0.25, 0.3) is 0 Å². The van der Waals surface area contributed by atoms with Crippen LogP contribution in [0.3, 0.4) is 0 Å². The first kappa shape index (κ1) is 21.0. The number of nitrogens with zero attached hydrogens (tertiary/aromatic N) is 2. The molecule has 0 bridgehead atoms. The van der Waals surface area contributed by atoms with Crippen LogP contribution in [0.4, 0.5) is 10.2 Å². The van der Waals surface area contributed by atoms with Crippen LogP contribution in [-0.2, 0) is 36.9 Å². The van der Waals surface area contributed by atoms with Gasteiger partial charge < -0.3 is 5.32 Å². The lowest BCUT2D eigenvalue weighted by atomic mass is 9.91. The number of anilines is 1. The monoisotopic (exact) mass is 437 g/mol. The predicted molar refractivity (Wildman–Crippen MR) is 127 cm³/mol. The molecule has 1 heterocycles. The summed E-state index contributed by atoms with van der Waals surface area (Å²) in [6.45, 7) is 0. The normalized spacial score (nSPS) is 12.0. The average molecular weight is 438 g/mol. The number of nitrogens with one attached hydrogen (secondary N) is 1. The Kier molecular flexibility index (Phi) is 5.94. The lowest BCUT2D eigenvalue weighted by Gasteiger charge is -2.21. The smallest absolute Gasteiger partial charge is 0.229 e. The molecule has 1 aliphatic rings. The molecule has 0 unspecified atom stereocenters. The van der Waals surface area contributed by atoms with Crippen LogP contribution >= 0.6 is 0 Å². The molecule has 1 N–H and O–H groups in total. The van der Waals surface area contributed by atoms with Gasteiger partial charge in [-0.25, -0.2) is 14.4 Å². The average Bonchev–Trinajstić information content (AvgIpc) is 2.83. The van der Waals surface area contributed by atoms with Gasteiger partial charge >= 0.3 is 0 Å². The fraction of sp³-hybridized carbons (Fsp3) is 0.179. The molecule has 0 saturated carbocycles. The molecule has 4 nitrogen and oxygen atoms in total. The summed E-state index contributed by atoms with van der Waals surface area (Å²) in [6, 6.07) is 24.7. The van der Waals surface area contributed by atoms with Gasteiger partial charge in [0.1, 0.15) is 5.82 Å². The molecular formula is C28H24FN3O. The van der Waals surface area contributed by atoms with E-state index in [1.165, 1.54) is 11.6 Å². The highest BCUT2D eigenvalue weighted by Crippen LogP contribution is 2.33. The van der Waals surface area contributed by atoms with E-state index in [4.69, 9.17) is 9.97 Å². The fourth-order valence-electron chi connectivity index (χ4n) is 4.29. The minimum Gasteiger partial charge on any atom is -0.309 e. The van der Waals surface area contributed by atoms with Crippen LogP contribution in [0.25, 0.3) is 11.3 Å². The molecule has 0 spiro atoms. The van der Waals surface area contributed by atoms with E-state index in [2.05, 4.69) is 17.4 Å². The number of carbonyl (C=O) groups excluding carboxylic acids is 1. The Hall–Kier alpha value is -3.86. The first-order valence-electron chi connectivity index (χ1n) is 11.2. The van der Waals surface area contributed by atoms with Gasteiger partial charge in [0, 0.05) is 5.56 Å². The fourth-order valence-corrected chi connectivity index (χ4v) is 4.29. The molecule has 5 heteroatoms. The molecule has 0 radical (unpaired) electrons. The van der Waals surface area contributed by atoms with Crippen molar-refractivity contribution in [3.63, 3.8) is 0 Å². The second kappa shape index (κ2) is 9.33. The van der Waals surface area contributed by atoms with Gasteiger partial charge in [-0.15, -0.1) is 0 Å². The second-order valence-electron chi connectivity index (χ2n) is 8.31. The molecule has 0 aliphatic heterocycles. The van der Waals surface area contributed by atoms with E-state index in [9.17, 15) is 9.18 Å². The number of aromatic nitrogens is 2. The topological polar surface area (TPSA) is 54.9 Å². The summed E-state index contributed by atoms with van der Waals surface area (Å²) >= 11 is 0. The maximum absolute atomic E-state index is 13.8. The van der Waals surface area contributed by atoms with Crippen LogP contribution in [-0.4, -0.2) is 15.9 Å². The number of benzene rings is 3. The van der Waals surface area contributed by atoms with Crippen LogP contribution < -0.4 is 5.32 Å². The summed E-state index contributed by atoms with van der Waals surface area (Å²) in [7, 11) is 0. The van der Waals surface area contributed by atoms with Crippen LogP contribution in [0.5, 0.6) is 0 Å². The number of fused-ring (bicyclic) bond motifs is 3. The number of halogens is 1. The Morgan fingerprint density at radius 1 is 0.848 bits per heavy atom.